The number of urea groups is 1. The molecular weight excluding hydrogens is 232 g/mol. The molecule has 1 aromatic rings. The van der Waals surface area contributed by atoms with Crippen LogP contribution in [0.1, 0.15) is 25.3 Å². The van der Waals surface area contributed by atoms with E-state index >= 15 is 0 Å². The van der Waals surface area contributed by atoms with E-state index in [0.29, 0.717) is 6.42 Å². The number of para-hydroxylation sites is 1. The van der Waals surface area contributed by atoms with Gasteiger partial charge in [-0.25, -0.2) is 4.79 Å². The van der Waals surface area contributed by atoms with E-state index in [2.05, 4.69) is 10.6 Å². The zero-order valence-corrected chi connectivity index (χ0v) is 10.6. The first-order valence-electron chi connectivity index (χ1n) is 5.84. The summed E-state index contributed by atoms with van der Waals surface area (Å²) in [5.74, 6) is -0.858. The number of aryl methyl sites for hydroxylation is 1. The molecule has 5 heteroatoms. The smallest absolute Gasteiger partial charge is 0.319 e. The molecule has 1 rings (SSSR count). The third kappa shape index (κ3) is 4.86. The van der Waals surface area contributed by atoms with E-state index in [-0.39, 0.29) is 18.5 Å². The topological polar surface area (TPSA) is 78.4 Å². The number of nitrogens with one attached hydrogen (secondary N) is 2. The van der Waals surface area contributed by atoms with Gasteiger partial charge in [0.1, 0.15) is 0 Å². The molecule has 18 heavy (non-hydrogen) atoms. The van der Waals surface area contributed by atoms with Crippen LogP contribution in [0, 0.1) is 6.92 Å². The Balaban J connectivity index is 2.42. The number of carbonyl (C=O) groups is 2. The van der Waals surface area contributed by atoms with Gasteiger partial charge in [-0.3, -0.25) is 4.79 Å². The quantitative estimate of drug-likeness (QED) is 0.750. The van der Waals surface area contributed by atoms with Crippen LogP contribution in [-0.4, -0.2) is 23.1 Å². The Morgan fingerprint density at radius 3 is 2.61 bits per heavy atom. The molecule has 0 heterocycles. The number of benzene rings is 1. The molecule has 0 fully saturated rings. The molecule has 3 N–H and O–H groups in total. The van der Waals surface area contributed by atoms with E-state index in [1.165, 1.54) is 0 Å². The molecule has 0 aliphatic heterocycles. The van der Waals surface area contributed by atoms with Crippen molar-refractivity contribution < 1.29 is 14.7 Å². The van der Waals surface area contributed by atoms with Crippen LogP contribution in [0.5, 0.6) is 0 Å². The zero-order valence-electron chi connectivity index (χ0n) is 10.6. The second-order valence-corrected chi connectivity index (χ2v) is 4.25. The Bertz CT molecular complexity index is 432. The Morgan fingerprint density at radius 1 is 1.33 bits per heavy atom. The number of rotatable bonds is 5. The van der Waals surface area contributed by atoms with Crippen LogP contribution in [0.2, 0.25) is 0 Å². The summed E-state index contributed by atoms with van der Waals surface area (Å²) in [7, 11) is 0. The number of amides is 2. The van der Waals surface area contributed by atoms with Gasteiger partial charge in [-0.1, -0.05) is 18.2 Å². The normalized spacial score (nSPS) is 11.7. The van der Waals surface area contributed by atoms with E-state index < -0.39 is 5.97 Å². The molecule has 0 saturated heterocycles. The minimum atomic E-state index is -0.858. The van der Waals surface area contributed by atoms with Crippen LogP contribution in [0.3, 0.4) is 0 Å². The minimum absolute atomic E-state index is 0.0474. The molecular formula is C13H18N2O3. The second kappa shape index (κ2) is 6.64. The fraction of sp³-hybridized carbons (Fsp3) is 0.385. The van der Waals surface area contributed by atoms with Gasteiger partial charge in [-0.2, -0.15) is 0 Å². The van der Waals surface area contributed by atoms with Gasteiger partial charge in [-0.05, 0) is 31.9 Å². The molecule has 98 valence electrons. The predicted molar refractivity (Wildman–Crippen MR) is 69.7 cm³/mol. The van der Waals surface area contributed by atoms with Gasteiger partial charge in [0, 0.05) is 18.2 Å². The van der Waals surface area contributed by atoms with Crippen molar-refractivity contribution in [2.45, 2.75) is 32.7 Å². The van der Waals surface area contributed by atoms with Crippen molar-refractivity contribution in [3.05, 3.63) is 29.8 Å². The number of hydrogen-bond acceptors (Lipinski definition) is 2. The van der Waals surface area contributed by atoms with Crippen LogP contribution in [0.4, 0.5) is 10.5 Å². The van der Waals surface area contributed by atoms with E-state index in [1.54, 1.807) is 6.92 Å². The molecule has 1 aromatic carbocycles. The standard InChI is InChI=1S/C13H18N2O3/c1-9-5-3-4-6-11(9)15-13(18)14-10(2)7-8-12(16)17/h3-6,10H,7-8H2,1-2H3,(H,16,17)(H2,14,15,18). The van der Waals surface area contributed by atoms with E-state index in [1.807, 2.05) is 31.2 Å². The van der Waals surface area contributed by atoms with Crippen molar-refractivity contribution in [3.63, 3.8) is 0 Å². The summed E-state index contributed by atoms with van der Waals surface area (Å²) in [5, 5.41) is 14.0. The largest absolute Gasteiger partial charge is 0.481 e. The zero-order chi connectivity index (χ0) is 13.5. The lowest BCUT2D eigenvalue weighted by Gasteiger charge is -2.14. The highest BCUT2D eigenvalue weighted by atomic mass is 16.4. The van der Waals surface area contributed by atoms with Crippen molar-refractivity contribution in [2.75, 3.05) is 5.32 Å². The lowest BCUT2D eigenvalue weighted by atomic mass is 10.2. The lowest BCUT2D eigenvalue weighted by molar-refractivity contribution is -0.137. The summed E-state index contributed by atoms with van der Waals surface area (Å²) in [6.45, 7) is 3.68. The van der Waals surface area contributed by atoms with Crippen LogP contribution in [0.15, 0.2) is 24.3 Å². The maximum absolute atomic E-state index is 11.7. The predicted octanol–water partition coefficient (Wildman–Crippen LogP) is 2.37. The summed E-state index contributed by atoms with van der Waals surface area (Å²) in [6.07, 6.45) is 0.461. The summed E-state index contributed by atoms with van der Waals surface area (Å²) < 4.78 is 0. The fourth-order valence-corrected chi connectivity index (χ4v) is 1.51. The van der Waals surface area contributed by atoms with Gasteiger partial charge in [0.15, 0.2) is 0 Å². The lowest BCUT2D eigenvalue weighted by Crippen LogP contribution is -2.36. The minimum Gasteiger partial charge on any atom is -0.481 e. The molecule has 0 saturated carbocycles. The molecule has 5 nitrogen and oxygen atoms in total. The summed E-state index contributed by atoms with van der Waals surface area (Å²) in [5.41, 5.74) is 1.73. The van der Waals surface area contributed by atoms with Crippen molar-refractivity contribution in [1.82, 2.24) is 5.32 Å². The fourth-order valence-electron chi connectivity index (χ4n) is 1.51. The SMILES string of the molecule is Cc1ccccc1NC(=O)NC(C)CCC(=O)O. The third-order valence-corrected chi connectivity index (χ3v) is 2.56. The molecule has 0 spiro atoms. The van der Waals surface area contributed by atoms with Gasteiger partial charge >= 0.3 is 12.0 Å². The number of anilines is 1. The summed E-state index contributed by atoms with van der Waals surface area (Å²) in [6, 6.07) is 6.97. The first kappa shape index (κ1) is 14.0. The Hall–Kier alpha value is -2.04. The molecule has 0 aromatic heterocycles. The molecule has 1 unspecified atom stereocenters. The molecule has 0 radical (unpaired) electrons. The molecule has 1 atom stereocenters. The van der Waals surface area contributed by atoms with Crippen molar-refractivity contribution >= 4 is 17.7 Å². The average molecular weight is 250 g/mol. The van der Waals surface area contributed by atoms with Crippen LogP contribution >= 0.6 is 0 Å². The van der Waals surface area contributed by atoms with E-state index in [4.69, 9.17) is 5.11 Å². The number of carboxylic acids is 1. The van der Waals surface area contributed by atoms with Gasteiger partial charge in [0.2, 0.25) is 0 Å². The Morgan fingerprint density at radius 2 is 2.00 bits per heavy atom. The third-order valence-electron chi connectivity index (χ3n) is 2.56. The molecule has 2 amide bonds. The second-order valence-electron chi connectivity index (χ2n) is 4.25. The molecule has 0 aliphatic rings. The number of hydrogen-bond donors (Lipinski definition) is 3. The van der Waals surface area contributed by atoms with Crippen molar-refractivity contribution in [1.29, 1.82) is 0 Å². The summed E-state index contributed by atoms with van der Waals surface area (Å²) >= 11 is 0. The number of carboxylic acid groups (broad SMARTS) is 1. The van der Waals surface area contributed by atoms with E-state index in [0.717, 1.165) is 11.3 Å². The monoisotopic (exact) mass is 250 g/mol. The van der Waals surface area contributed by atoms with Crippen LogP contribution < -0.4 is 10.6 Å². The van der Waals surface area contributed by atoms with Gasteiger partial charge in [-0.15, -0.1) is 0 Å². The maximum Gasteiger partial charge on any atom is 0.319 e. The van der Waals surface area contributed by atoms with Crippen LogP contribution in [0.25, 0.3) is 0 Å². The first-order chi connectivity index (χ1) is 8.49. The highest BCUT2D eigenvalue weighted by Crippen LogP contribution is 2.12. The highest BCUT2D eigenvalue weighted by Gasteiger charge is 2.09. The first-order valence-corrected chi connectivity index (χ1v) is 5.84. The summed E-state index contributed by atoms with van der Waals surface area (Å²) in [4.78, 5) is 22.0. The maximum atomic E-state index is 11.7. The number of carbonyl (C=O) groups excluding carboxylic acids is 1. The molecule has 0 aliphatic carbocycles. The Labute approximate surface area is 106 Å². The average Bonchev–Trinajstić information content (AvgIpc) is 2.29. The number of aliphatic carboxylic acids is 1. The van der Waals surface area contributed by atoms with Crippen LogP contribution in [-0.2, 0) is 4.79 Å². The Kier molecular flexibility index (Phi) is 5.17. The highest BCUT2D eigenvalue weighted by molar-refractivity contribution is 5.90. The van der Waals surface area contributed by atoms with Gasteiger partial charge in [0.25, 0.3) is 0 Å². The van der Waals surface area contributed by atoms with Gasteiger partial charge in [0.05, 0.1) is 0 Å². The van der Waals surface area contributed by atoms with E-state index in [9.17, 15) is 9.59 Å². The van der Waals surface area contributed by atoms with Crippen molar-refractivity contribution in [2.24, 2.45) is 0 Å². The van der Waals surface area contributed by atoms with Gasteiger partial charge < -0.3 is 15.7 Å². The van der Waals surface area contributed by atoms with Crippen molar-refractivity contribution in [3.8, 4) is 0 Å². The molecule has 0 bridgehead atoms.